The van der Waals surface area contributed by atoms with E-state index < -0.39 is 22.0 Å². The van der Waals surface area contributed by atoms with E-state index in [2.05, 4.69) is 5.32 Å². The highest BCUT2D eigenvalue weighted by Crippen LogP contribution is 2.33. The number of hydrogen-bond acceptors (Lipinski definition) is 4. The van der Waals surface area contributed by atoms with Gasteiger partial charge in [0, 0.05) is 16.8 Å². The number of benzene rings is 3. The van der Waals surface area contributed by atoms with Crippen LogP contribution in [0.2, 0.25) is 0 Å². The number of halogens is 1. The lowest BCUT2D eigenvalue weighted by Crippen LogP contribution is -2.23. The van der Waals surface area contributed by atoms with Crippen molar-refractivity contribution in [2.24, 2.45) is 0 Å². The molecular formula is C21H14FN3O3. The summed E-state index contributed by atoms with van der Waals surface area (Å²) in [5.74, 6) is -0.426. The number of fused-ring (bicyclic) bond motifs is 1. The van der Waals surface area contributed by atoms with Crippen molar-refractivity contribution in [1.29, 1.82) is 0 Å². The highest BCUT2D eigenvalue weighted by atomic mass is 19.1. The fourth-order valence-electron chi connectivity index (χ4n) is 3.14. The molecule has 1 heterocycles. The van der Waals surface area contributed by atoms with Crippen LogP contribution in [-0.2, 0) is 0 Å². The third kappa shape index (κ3) is 2.99. The van der Waals surface area contributed by atoms with Crippen molar-refractivity contribution < 1.29 is 9.31 Å². The van der Waals surface area contributed by atoms with E-state index in [4.69, 9.17) is 0 Å². The van der Waals surface area contributed by atoms with E-state index in [-0.39, 0.29) is 5.69 Å². The van der Waals surface area contributed by atoms with Crippen LogP contribution >= 0.6 is 0 Å². The zero-order valence-electron chi connectivity index (χ0n) is 14.5. The molecule has 0 spiro atoms. The first-order valence-electron chi connectivity index (χ1n) is 8.46. The molecule has 0 aliphatic carbocycles. The van der Waals surface area contributed by atoms with E-state index in [1.165, 1.54) is 28.8 Å². The van der Waals surface area contributed by atoms with Crippen LogP contribution in [0.15, 0.2) is 83.7 Å². The summed E-state index contributed by atoms with van der Waals surface area (Å²) in [5, 5.41) is 15.2. The van der Waals surface area contributed by atoms with E-state index in [1.54, 1.807) is 54.6 Å². The number of anilines is 2. The van der Waals surface area contributed by atoms with Crippen molar-refractivity contribution in [1.82, 2.24) is 4.57 Å². The second-order valence-electron chi connectivity index (χ2n) is 6.11. The maximum absolute atomic E-state index is 13.2. The summed E-state index contributed by atoms with van der Waals surface area (Å²) in [6, 6.07) is 21.0. The number of para-hydroxylation sites is 2. The molecule has 0 bridgehead atoms. The van der Waals surface area contributed by atoms with Crippen LogP contribution in [-0.4, -0.2) is 9.49 Å². The molecule has 1 N–H and O–H groups in total. The van der Waals surface area contributed by atoms with Crippen LogP contribution in [0.25, 0.3) is 16.6 Å². The molecule has 7 heteroatoms. The Hall–Kier alpha value is -4.00. The molecule has 0 aliphatic heterocycles. The van der Waals surface area contributed by atoms with Gasteiger partial charge in [0.15, 0.2) is 0 Å². The highest BCUT2D eigenvalue weighted by molar-refractivity contribution is 5.98. The lowest BCUT2D eigenvalue weighted by Gasteiger charge is -2.15. The molecule has 0 amide bonds. The van der Waals surface area contributed by atoms with Crippen LogP contribution in [0.5, 0.6) is 0 Å². The average molecular weight is 375 g/mol. The summed E-state index contributed by atoms with van der Waals surface area (Å²) in [6.07, 6.45) is 0. The summed E-state index contributed by atoms with van der Waals surface area (Å²) in [6.45, 7) is 0. The fraction of sp³-hybridized carbons (Fsp3) is 0. The molecule has 138 valence electrons. The molecule has 28 heavy (non-hydrogen) atoms. The molecule has 4 rings (SSSR count). The molecule has 0 aliphatic rings. The predicted molar refractivity (Wildman–Crippen MR) is 106 cm³/mol. The summed E-state index contributed by atoms with van der Waals surface area (Å²) >= 11 is 0. The first-order valence-corrected chi connectivity index (χ1v) is 8.46. The van der Waals surface area contributed by atoms with Gasteiger partial charge in [-0.15, -0.1) is 0 Å². The molecule has 3 aromatic carbocycles. The maximum atomic E-state index is 13.2. The minimum absolute atomic E-state index is 0.0735. The number of nitrogens with zero attached hydrogens (tertiary/aromatic N) is 2. The minimum Gasteiger partial charge on any atom is -0.349 e. The second kappa shape index (κ2) is 6.96. The third-order valence-corrected chi connectivity index (χ3v) is 4.37. The number of rotatable bonds is 4. The molecule has 0 radical (unpaired) electrons. The van der Waals surface area contributed by atoms with Gasteiger partial charge >= 0.3 is 11.2 Å². The summed E-state index contributed by atoms with van der Waals surface area (Å²) in [4.78, 5) is 24.2. The molecular weight excluding hydrogens is 361 g/mol. The summed E-state index contributed by atoms with van der Waals surface area (Å²) < 4.78 is 14.5. The Labute approximate surface area is 158 Å². The quantitative estimate of drug-likeness (QED) is 0.411. The van der Waals surface area contributed by atoms with Crippen LogP contribution in [0, 0.1) is 15.9 Å². The van der Waals surface area contributed by atoms with Crippen LogP contribution in [0.3, 0.4) is 0 Å². The first-order chi connectivity index (χ1) is 13.6. The van der Waals surface area contributed by atoms with E-state index in [1.807, 2.05) is 0 Å². The van der Waals surface area contributed by atoms with Gasteiger partial charge in [-0.25, -0.2) is 4.39 Å². The lowest BCUT2D eigenvalue weighted by atomic mass is 10.1. The predicted octanol–water partition coefficient (Wildman–Crippen LogP) is 4.78. The van der Waals surface area contributed by atoms with Crippen LogP contribution in [0.4, 0.5) is 21.5 Å². The highest BCUT2D eigenvalue weighted by Gasteiger charge is 2.26. The molecule has 0 saturated carbocycles. The van der Waals surface area contributed by atoms with E-state index in [0.29, 0.717) is 22.3 Å². The molecule has 0 fully saturated rings. The molecule has 6 nitrogen and oxygen atoms in total. The number of hydrogen-bond donors (Lipinski definition) is 1. The summed E-state index contributed by atoms with van der Waals surface area (Å²) in [7, 11) is 0. The Bertz CT molecular complexity index is 1240. The Balaban J connectivity index is 2.05. The topological polar surface area (TPSA) is 77.2 Å². The van der Waals surface area contributed by atoms with Gasteiger partial charge in [0.2, 0.25) is 0 Å². The van der Waals surface area contributed by atoms with Gasteiger partial charge in [-0.2, -0.15) is 0 Å². The normalized spacial score (nSPS) is 10.8. The van der Waals surface area contributed by atoms with Crippen LogP contribution in [0.1, 0.15) is 0 Å². The summed E-state index contributed by atoms with van der Waals surface area (Å²) in [5.41, 5.74) is 0.233. The van der Waals surface area contributed by atoms with E-state index >= 15 is 0 Å². The lowest BCUT2D eigenvalue weighted by molar-refractivity contribution is -0.385. The Morgan fingerprint density at radius 1 is 0.893 bits per heavy atom. The van der Waals surface area contributed by atoms with E-state index in [0.717, 1.165) is 0 Å². The van der Waals surface area contributed by atoms with Crippen molar-refractivity contribution >= 4 is 28.0 Å². The zero-order valence-corrected chi connectivity index (χ0v) is 14.5. The molecule has 0 unspecified atom stereocenters. The fourth-order valence-corrected chi connectivity index (χ4v) is 3.14. The van der Waals surface area contributed by atoms with Gasteiger partial charge in [0.05, 0.1) is 10.4 Å². The number of pyridine rings is 1. The monoisotopic (exact) mass is 375 g/mol. The van der Waals surface area contributed by atoms with Gasteiger partial charge in [0.1, 0.15) is 11.5 Å². The molecule has 4 aromatic rings. The van der Waals surface area contributed by atoms with Crippen LogP contribution < -0.4 is 10.9 Å². The number of nitrogens with one attached hydrogen (secondary N) is 1. The first kappa shape index (κ1) is 17.4. The van der Waals surface area contributed by atoms with Gasteiger partial charge in [-0.05, 0) is 42.5 Å². The second-order valence-corrected chi connectivity index (χ2v) is 6.11. The Morgan fingerprint density at radius 2 is 1.54 bits per heavy atom. The molecule has 0 saturated heterocycles. The van der Waals surface area contributed by atoms with Gasteiger partial charge in [0.25, 0.3) is 0 Å². The standard InChI is InChI=1S/C21H14FN3O3/c22-14-10-12-15(13-11-14)23-19-17-8-4-5-9-18(17)24(16-6-2-1-3-7-16)21(26)20(19)25(27)28/h1-13,23H. The van der Waals surface area contributed by atoms with Crippen molar-refractivity contribution in [2.75, 3.05) is 5.32 Å². The van der Waals surface area contributed by atoms with E-state index in [9.17, 15) is 19.3 Å². The van der Waals surface area contributed by atoms with Gasteiger partial charge in [-0.1, -0.05) is 36.4 Å². The third-order valence-electron chi connectivity index (χ3n) is 4.37. The minimum atomic E-state index is -0.750. The number of aromatic nitrogens is 1. The Morgan fingerprint density at radius 3 is 2.21 bits per heavy atom. The SMILES string of the molecule is O=c1c([N+](=O)[O-])c(Nc2ccc(F)cc2)c2ccccc2n1-c1ccccc1. The Kier molecular flexibility index (Phi) is 4.33. The number of nitro groups is 1. The van der Waals surface area contributed by atoms with Crippen molar-refractivity contribution in [3.05, 3.63) is 105 Å². The molecule has 0 atom stereocenters. The van der Waals surface area contributed by atoms with Crippen molar-refractivity contribution in [3.63, 3.8) is 0 Å². The maximum Gasteiger partial charge on any atom is 0.358 e. The zero-order chi connectivity index (χ0) is 19.7. The van der Waals surface area contributed by atoms with Crippen molar-refractivity contribution in [2.45, 2.75) is 0 Å². The molecule has 1 aromatic heterocycles. The average Bonchev–Trinajstić information content (AvgIpc) is 2.70. The van der Waals surface area contributed by atoms with Crippen molar-refractivity contribution in [3.8, 4) is 5.69 Å². The largest absolute Gasteiger partial charge is 0.358 e. The smallest absolute Gasteiger partial charge is 0.349 e. The van der Waals surface area contributed by atoms with Gasteiger partial charge in [-0.3, -0.25) is 19.5 Å². The van der Waals surface area contributed by atoms with Gasteiger partial charge < -0.3 is 5.32 Å².